The summed E-state index contributed by atoms with van der Waals surface area (Å²) in [5.41, 5.74) is 3.04. The van der Waals surface area contributed by atoms with Crippen molar-refractivity contribution in [1.82, 2.24) is 9.71 Å². The molecule has 28 heavy (non-hydrogen) atoms. The number of rotatable bonds is 5. The average Bonchev–Trinajstić information content (AvgIpc) is 2.96. The van der Waals surface area contributed by atoms with Gasteiger partial charge in [0.2, 0.25) is 10.0 Å². The second-order valence-corrected chi connectivity index (χ2v) is 10.8. The molecule has 152 valence electrons. The Labute approximate surface area is 169 Å². The second kappa shape index (κ2) is 8.08. The molecule has 1 fully saturated rings. The average molecular weight is 424 g/mol. The second-order valence-electron chi connectivity index (χ2n) is 7.93. The number of aromatic nitrogens is 1. The third-order valence-electron chi connectivity index (χ3n) is 5.64. The van der Waals surface area contributed by atoms with Crippen molar-refractivity contribution in [3.8, 4) is 11.3 Å². The van der Waals surface area contributed by atoms with Gasteiger partial charge in [-0.05, 0) is 68.6 Å². The minimum absolute atomic E-state index is 0.0635. The molecule has 1 saturated carbocycles. The smallest absolute Gasteiger partial charge is 0.208 e. The first-order valence-corrected chi connectivity index (χ1v) is 12.6. The summed E-state index contributed by atoms with van der Waals surface area (Å²) in [6.07, 6.45) is 7.97. The van der Waals surface area contributed by atoms with Gasteiger partial charge in [0.1, 0.15) is 5.82 Å². The summed E-state index contributed by atoms with van der Waals surface area (Å²) >= 11 is 1.68. The lowest BCUT2D eigenvalue weighted by molar-refractivity contribution is 0.324. The number of sulfonamides is 1. The van der Waals surface area contributed by atoms with Crippen LogP contribution >= 0.6 is 11.3 Å². The molecule has 2 N–H and O–H groups in total. The lowest BCUT2D eigenvalue weighted by Crippen LogP contribution is -2.37. The molecule has 0 bridgehead atoms. The van der Waals surface area contributed by atoms with Gasteiger partial charge in [-0.25, -0.2) is 22.5 Å². The van der Waals surface area contributed by atoms with Crippen LogP contribution in [0.3, 0.4) is 0 Å². The molecule has 0 radical (unpaired) electrons. The Morgan fingerprint density at radius 3 is 2.75 bits per heavy atom. The Balaban J connectivity index is 1.39. The molecule has 2 aliphatic carbocycles. The van der Waals surface area contributed by atoms with E-state index in [0.29, 0.717) is 5.92 Å². The van der Waals surface area contributed by atoms with Crippen molar-refractivity contribution in [3.63, 3.8) is 0 Å². The van der Waals surface area contributed by atoms with Crippen LogP contribution in [-0.4, -0.2) is 32.2 Å². The van der Waals surface area contributed by atoms with E-state index in [1.54, 1.807) is 17.4 Å². The molecule has 0 spiro atoms. The van der Waals surface area contributed by atoms with Gasteiger partial charge in [-0.3, -0.25) is 0 Å². The van der Waals surface area contributed by atoms with Crippen LogP contribution in [0.4, 0.5) is 9.52 Å². The number of nitrogens with one attached hydrogen (secondary N) is 2. The molecule has 1 aromatic carbocycles. The van der Waals surface area contributed by atoms with Gasteiger partial charge in [-0.2, -0.15) is 0 Å². The van der Waals surface area contributed by atoms with Crippen molar-refractivity contribution in [1.29, 1.82) is 0 Å². The van der Waals surface area contributed by atoms with Gasteiger partial charge in [0, 0.05) is 23.0 Å². The first kappa shape index (κ1) is 19.8. The standard InChI is InChI=1S/C20H26FN3O2S2/c1-28(25,26)24-16-9-5-13(6-10-16)12-22-20-23-19-17-11-15(21)8-7-14(17)3-2-4-18(19)27-20/h7-8,11,13,16,24H,2-6,9-10,12H2,1H3,(H,22,23)/t13-,16-. The molecule has 0 unspecified atom stereocenters. The number of halogens is 1. The van der Waals surface area contributed by atoms with Crippen LogP contribution in [0.2, 0.25) is 0 Å². The Morgan fingerprint density at radius 2 is 2.00 bits per heavy atom. The monoisotopic (exact) mass is 423 g/mol. The zero-order valence-corrected chi connectivity index (χ0v) is 17.6. The minimum atomic E-state index is -3.13. The molecule has 2 aliphatic rings. The van der Waals surface area contributed by atoms with Crippen LogP contribution in [0.25, 0.3) is 11.3 Å². The minimum Gasteiger partial charge on any atom is -0.361 e. The van der Waals surface area contributed by atoms with Gasteiger partial charge in [0.05, 0.1) is 11.9 Å². The predicted molar refractivity (Wildman–Crippen MR) is 112 cm³/mol. The first-order valence-electron chi connectivity index (χ1n) is 9.87. The maximum absolute atomic E-state index is 13.8. The van der Waals surface area contributed by atoms with Gasteiger partial charge in [-0.1, -0.05) is 6.07 Å². The van der Waals surface area contributed by atoms with Crippen molar-refractivity contribution in [2.24, 2.45) is 5.92 Å². The number of aryl methyl sites for hydroxylation is 2. The third kappa shape index (κ3) is 4.72. The van der Waals surface area contributed by atoms with Gasteiger partial charge in [0.25, 0.3) is 0 Å². The normalized spacial score (nSPS) is 22.2. The Hall–Kier alpha value is -1.51. The van der Waals surface area contributed by atoms with Crippen molar-refractivity contribution in [2.45, 2.75) is 51.0 Å². The van der Waals surface area contributed by atoms with E-state index in [1.807, 2.05) is 6.07 Å². The number of hydrogen-bond donors (Lipinski definition) is 2. The predicted octanol–water partition coefficient (Wildman–Crippen LogP) is 3.96. The van der Waals surface area contributed by atoms with E-state index in [-0.39, 0.29) is 11.9 Å². The summed E-state index contributed by atoms with van der Waals surface area (Å²) < 4.78 is 39.2. The summed E-state index contributed by atoms with van der Waals surface area (Å²) in [7, 11) is -3.13. The summed E-state index contributed by atoms with van der Waals surface area (Å²) in [4.78, 5) is 6.02. The number of nitrogens with zero attached hydrogens (tertiary/aromatic N) is 1. The molecule has 1 aromatic heterocycles. The highest BCUT2D eigenvalue weighted by molar-refractivity contribution is 7.88. The van der Waals surface area contributed by atoms with Gasteiger partial charge in [0.15, 0.2) is 5.13 Å². The Kier molecular flexibility index (Phi) is 5.71. The van der Waals surface area contributed by atoms with E-state index in [0.717, 1.165) is 67.9 Å². The highest BCUT2D eigenvalue weighted by Gasteiger charge is 2.24. The zero-order valence-electron chi connectivity index (χ0n) is 16.0. The fraction of sp³-hybridized carbons (Fsp3) is 0.550. The van der Waals surface area contributed by atoms with E-state index in [4.69, 9.17) is 4.98 Å². The molecule has 8 heteroatoms. The maximum Gasteiger partial charge on any atom is 0.208 e. The Bertz CT molecular complexity index is 950. The molecule has 2 aromatic rings. The van der Waals surface area contributed by atoms with Gasteiger partial charge < -0.3 is 5.32 Å². The quantitative estimate of drug-likeness (QED) is 0.764. The van der Waals surface area contributed by atoms with Gasteiger partial charge >= 0.3 is 0 Å². The van der Waals surface area contributed by atoms with Crippen LogP contribution < -0.4 is 10.0 Å². The summed E-state index contributed by atoms with van der Waals surface area (Å²) in [6, 6.07) is 5.09. The number of benzene rings is 1. The number of anilines is 1. The maximum atomic E-state index is 13.8. The van der Waals surface area contributed by atoms with Crippen molar-refractivity contribution in [2.75, 3.05) is 18.1 Å². The molecule has 1 heterocycles. The fourth-order valence-electron chi connectivity index (χ4n) is 4.25. The van der Waals surface area contributed by atoms with E-state index in [2.05, 4.69) is 10.0 Å². The molecule has 5 nitrogen and oxygen atoms in total. The van der Waals surface area contributed by atoms with Crippen LogP contribution in [0.5, 0.6) is 0 Å². The molecule has 0 saturated heterocycles. The zero-order chi connectivity index (χ0) is 19.7. The van der Waals surface area contributed by atoms with Crippen molar-refractivity contribution in [3.05, 3.63) is 34.5 Å². The molecule has 0 atom stereocenters. The summed E-state index contributed by atoms with van der Waals surface area (Å²) in [5.74, 6) is 0.305. The van der Waals surface area contributed by atoms with E-state index < -0.39 is 10.0 Å². The lowest BCUT2D eigenvalue weighted by Gasteiger charge is -2.28. The van der Waals surface area contributed by atoms with Crippen molar-refractivity contribution < 1.29 is 12.8 Å². The number of thiazole rings is 1. The highest BCUT2D eigenvalue weighted by Crippen LogP contribution is 2.37. The Morgan fingerprint density at radius 1 is 1.21 bits per heavy atom. The molecular formula is C20H26FN3O2S2. The number of fused-ring (bicyclic) bond motifs is 3. The van der Waals surface area contributed by atoms with Crippen LogP contribution in [0.15, 0.2) is 18.2 Å². The van der Waals surface area contributed by atoms with Crippen LogP contribution in [0.1, 0.15) is 42.5 Å². The van der Waals surface area contributed by atoms with Gasteiger partial charge in [-0.15, -0.1) is 11.3 Å². The molecular weight excluding hydrogens is 397 g/mol. The van der Waals surface area contributed by atoms with Crippen LogP contribution in [0, 0.1) is 11.7 Å². The number of hydrogen-bond acceptors (Lipinski definition) is 5. The SMILES string of the molecule is CS(=O)(=O)N[C@H]1CC[C@H](CNc2nc3c(s2)CCCc2ccc(F)cc2-3)CC1. The van der Waals surface area contributed by atoms with Crippen molar-refractivity contribution >= 4 is 26.5 Å². The van der Waals surface area contributed by atoms with E-state index >= 15 is 0 Å². The first-order chi connectivity index (χ1) is 13.4. The van der Waals surface area contributed by atoms with Crippen LogP contribution in [-0.2, 0) is 22.9 Å². The fourth-order valence-corrected chi connectivity index (χ4v) is 6.12. The van der Waals surface area contributed by atoms with E-state index in [9.17, 15) is 12.8 Å². The molecule has 4 rings (SSSR count). The highest BCUT2D eigenvalue weighted by atomic mass is 32.2. The van der Waals surface area contributed by atoms with E-state index in [1.165, 1.54) is 22.8 Å². The lowest BCUT2D eigenvalue weighted by atomic mass is 9.86. The summed E-state index contributed by atoms with van der Waals surface area (Å²) in [6.45, 7) is 0.841. The largest absolute Gasteiger partial charge is 0.361 e. The topological polar surface area (TPSA) is 71.1 Å². The third-order valence-corrected chi connectivity index (χ3v) is 7.48. The summed E-state index contributed by atoms with van der Waals surface area (Å²) in [5, 5.41) is 4.38. The molecule has 0 amide bonds. The molecule has 0 aliphatic heterocycles.